The van der Waals surface area contributed by atoms with Crippen LogP contribution in [0.1, 0.15) is 16.8 Å². The lowest BCUT2D eigenvalue weighted by Gasteiger charge is -2.26. The van der Waals surface area contributed by atoms with Crippen LogP contribution in [0.5, 0.6) is 0 Å². The van der Waals surface area contributed by atoms with Gasteiger partial charge >= 0.3 is 0 Å². The fraction of sp³-hybridized carbons (Fsp3) is 0.333. The fourth-order valence-corrected chi connectivity index (χ4v) is 5.15. The van der Waals surface area contributed by atoms with Crippen molar-refractivity contribution in [1.82, 2.24) is 14.5 Å². The maximum atomic E-state index is 12.8. The van der Waals surface area contributed by atoms with Crippen LogP contribution in [0.15, 0.2) is 59.5 Å². The van der Waals surface area contributed by atoms with E-state index in [9.17, 15) is 18.0 Å². The van der Waals surface area contributed by atoms with Gasteiger partial charge in [-0.15, -0.1) is 0 Å². The summed E-state index contributed by atoms with van der Waals surface area (Å²) >= 11 is 0. The molecule has 158 valence electrons. The third-order valence-corrected chi connectivity index (χ3v) is 7.22. The number of hydrogen-bond acceptors (Lipinski definition) is 5. The SMILES string of the molecule is O=C1CN(S(=O)(=O)c2ccc(C(=O)N3CCC(Nc4ccccc4)C3)cc2)CCN1. The van der Waals surface area contributed by atoms with Crippen LogP contribution >= 0.6 is 0 Å². The molecule has 1 atom stereocenters. The van der Waals surface area contributed by atoms with Gasteiger partial charge in [0.25, 0.3) is 5.91 Å². The lowest BCUT2D eigenvalue weighted by molar-refractivity contribution is -0.122. The van der Waals surface area contributed by atoms with Gasteiger partial charge in [-0.2, -0.15) is 4.31 Å². The molecule has 2 amide bonds. The molecule has 1 unspecified atom stereocenters. The summed E-state index contributed by atoms with van der Waals surface area (Å²) in [4.78, 5) is 26.2. The van der Waals surface area contributed by atoms with Crippen molar-refractivity contribution in [2.75, 3.05) is 38.0 Å². The van der Waals surface area contributed by atoms with Crippen LogP contribution in [0.25, 0.3) is 0 Å². The Hall–Kier alpha value is -2.91. The number of likely N-dealkylation sites (tertiary alicyclic amines) is 1. The number of benzene rings is 2. The largest absolute Gasteiger partial charge is 0.380 e. The Morgan fingerprint density at radius 2 is 1.77 bits per heavy atom. The molecule has 2 heterocycles. The van der Waals surface area contributed by atoms with Gasteiger partial charge in [0.1, 0.15) is 0 Å². The number of hydrogen-bond donors (Lipinski definition) is 2. The van der Waals surface area contributed by atoms with Crippen molar-refractivity contribution in [3.8, 4) is 0 Å². The van der Waals surface area contributed by atoms with E-state index in [0.717, 1.165) is 16.4 Å². The number of amides is 2. The zero-order valence-corrected chi connectivity index (χ0v) is 17.3. The molecule has 2 aliphatic heterocycles. The van der Waals surface area contributed by atoms with Crippen molar-refractivity contribution in [3.63, 3.8) is 0 Å². The van der Waals surface area contributed by atoms with Crippen molar-refractivity contribution >= 4 is 27.5 Å². The van der Waals surface area contributed by atoms with Crippen LogP contribution in [0.2, 0.25) is 0 Å². The average Bonchev–Trinajstić information content (AvgIpc) is 3.22. The van der Waals surface area contributed by atoms with E-state index in [1.54, 1.807) is 4.90 Å². The molecule has 0 saturated carbocycles. The smallest absolute Gasteiger partial charge is 0.253 e. The summed E-state index contributed by atoms with van der Waals surface area (Å²) in [6.45, 7) is 1.58. The number of sulfonamides is 1. The number of piperazine rings is 1. The van der Waals surface area contributed by atoms with Gasteiger partial charge in [0, 0.05) is 43.5 Å². The standard InChI is InChI=1S/C21H24N4O4S/c26-20-15-25(13-11-22-20)30(28,29)19-8-6-16(7-9-19)21(27)24-12-10-18(14-24)23-17-4-2-1-3-5-17/h1-9,18,23H,10-15H2,(H,22,26). The van der Waals surface area contributed by atoms with Gasteiger partial charge in [-0.1, -0.05) is 18.2 Å². The predicted octanol–water partition coefficient (Wildman–Crippen LogP) is 1.13. The molecule has 2 aromatic rings. The molecular formula is C21H24N4O4S. The Morgan fingerprint density at radius 1 is 1.03 bits per heavy atom. The second-order valence-corrected chi connectivity index (χ2v) is 9.40. The Balaban J connectivity index is 1.40. The third kappa shape index (κ3) is 4.31. The summed E-state index contributed by atoms with van der Waals surface area (Å²) in [5.41, 5.74) is 1.48. The van der Waals surface area contributed by atoms with Gasteiger partial charge in [0.05, 0.1) is 11.4 Å². The van der Waals surface area contributed by atoms with Gasteiger partial charge in [0.15, 0.2) is 0 Å². The van der Waals surface area contributed by atoms with E-state index in [-0.39, 0.29) is 35.8 Å². The fourth-order valence-electron chi connectivity index (χ4n) is 3.75. The van der Waals surface area contributed by atoms with Gasteiger partial charge < -0.3 is 15.5 Å². The molecule has 4 rings (SSSR count). The zero-order chi connectivity index (χ0) is 21.1. The maximum absolute atomic E-state index is 12.8. The second-order valence-electron chi connectivity index (χ2n) is 7.46. The first-order valence-corrected chi connectivity index (χ1v) is 11.4. The summed E-state index contributed by atoms with van der Waals surface area (Å²) in [5.74, 6) is -0.432. The normalized spacial score (nSPS) is 20.1. The second kappa shape index (κ2) is 8.45. The monoisotopic (exact) mass is 428 g/mol. The lowest BCUT2D eigenvalue weighted by atomic mass is 10.2. The summed E-state index contributed by atoms with van der Waals surface area (Å²) in [5, 5.41) is 6.04. The van der Waals surface area contributed by atoms with E-state index in [0.29, 0.717) is 25.2 Å². The Labute approximate surface area is 175 Å². The van der Waals surface area contributed by atoms with Gasteiger partial charge in [0.2, 0.25) is 15.9 Å². The highest BCUT2D eigenvalue weighted by atomic mass is 32.2. The molecule has 2 saturated heterocycles. The summed E-state index contributed by atoms with van der Waals surface area (Å²) in [7, 11) is -3.76. The van der Waals surface area contributed by atoms with Crippen molar-refractivity contribution < 1.29 is 18.0 Å². The molecule has 8 nitrogen and oxygen atoms in total. The summed E-state index contributed by atoms with van der Waals surface area (Å²) in [6.07, 6.45) is 0.851. The molecule has 2 fully saturated rings. The zero-order valence-electron chi connectivity index (χ0n) is 16.5. The van der Waals surface area contributed by atoms with E-state index in [1.165, 1.54) is 24.3 Å². The number of anilines is 1. The minimum atomic E-state index is -3.76. The van der Waals surface area contributed by atoms with Crippen LogP contribution in [0, 0.1) is 0 Å². The molecule has 0 aromatic heterocycles. The first-order valence-electron chi connectivity index (χ1n) is 9.91. The molecule has 2 aliphatic rings. The Bertz CT molecular complexity index is 1020. The molecule has 0 aliphatic carbocycles. The van der Waals surface area contributed by atoms with E-state index < -0.39 is 10.0 Å². The Morgan fingerprint density at radius 3 is 2.47 bits per heavy atom. The maximum Gasteiger partial charge on any atom is 0.253 e. The van der Waals surface area contributed by atoms with E-state index in [1.807, 2.05) is 30.3 Å². The van der Waals surface area contributed by atoms with Crippen molar-refractivity contribution in [1.29, 1.82) is 0 Å². The van der Waals surface area contributed by atoms with Gasteiger partial charge in [-0.25, -0.2) is 8.42 Å². The molecule has 0 spiro atoms. The number of para-hydroxylation sites is 1. The number of carbonyl (C=O) groups excluding carboxylic acids is 2. The third-order valence-electron chi connectivity index (χ3n) is 5.36. The highest BCUT2D eigenvalue weighted by Gasteiger charge is 2.30. The van der Waals surface area contributed by atoms with Gasteiger partial charge in [-0.05, 0) is 42.8 Å². The quantitative estimate of drug-likeness (QED) is 0.744. The molecular weight excluding hydrogens is 404 g/mol. The van der Waals surface area contributed by atoms with Crippen molar-refractivity contribution in [2.45, 2.75) is 17.4 Å². The van der Waals surface area contributed by atoms with Gasteiger partial charge in [-0.3, -0.25) is 9.59 Å². The summed E-state index contributed by atoms with van der Waals surface area (Å²) < 4.78 is 26.6. The summed E-state index contributed by atoms with van der Waals surface area (Å²) in [6, 6.07) is 16.0. The Kier molecular flexibility index (Phi) is 5.74. The highest BCUT2D eigenvalue weighted by Crippen LogP contribution is 2.21. The molecule has 9 heteroatoms. The number of nitrogens with one attached hydrogen (secondary N) is 2. The van der Waals surface area contributed by atoms with Crippen molar-refractivity contribution in [3.05, 3.63) is 60.2 Å². The minimum absolute atomic E-state index is 0.0822. The molecule has 2 N–H and O–H groups in total. The van der Waals surface area contributed by atoms with Crippen LogP contribution in [-0.2, 0) is 14.8 Å². The molecule has 0 radical (unpaired) electrons. The van der Waals surface area contributed by atoms with E-state index in [2.05, 4.69) is 10.6 Å². The number of carbonyl (C=O) groups is 2. The van der Waals surface area contributed by atoms with Crippen LogP contribution in [-0.4, -0.2) is 68.2 Å². The first-order chi connectivity index (χ1) is 14.4. The number of rotatable bonds is 5. The molecule has 0 bridgehead atoms. The first kappa shape index (κ1) is 20.4. The average molecular weight is 429 g/mol. The highest BCUT2D eigenvalue weighted by molar-refractivity contribution is 7.89. The minimum Gasteiger partial charge on any atom is -0.380 e. The predicted molar refractivity (Wildman–Crippen MR) is 113 cm³/mol. The number of nitrogens with zero attached hydrogens (tertiary/aromatic N) is 2. The van der Waals surface area contributed by atoms with Crippen LogP contribution < -0.4 is 10.6 Å². The van der Waals surface area contributed by atoms with E-state index in [4.69, 9.17) is 0 Å². The topological polar surface area (TPSA) is 98.8 Å². The van der Waals surface area contributed by atoms with Crippen LogP contribution in [0.3, 0.4) is 0 Å². The molecule has 2 aromatic carbocycles. The van der Waals surface area contributed by atoms with E-state index >= 15 is 0 Å². The molecule has 30 heavy (non-hydrogen) atoms. The van der Waals surface area contributed by atoms with Crippen LogP contribution in [0.4, 0.5) is 5.69 Å². The van der Waals surface area contributed by atoms with Crippen molar-refractivity contribution in [2.24, 2.45) is 0 Å². The lowest BCUT2D eigenvalue weighted by Crippen LogP contribution is -2.49.